The number of carbonyl (C=O) groups excluding carboxylic acids is 1. The largest absolute Gasteiger partial charge is 0.378 e. The summed E-state index contributed by atoms with van der Waals surface area (Å²) in [6.07, 6.45) is 4.57. The molecule has 98 valence electrons. The summed E-state index contributed by atoms with van der Waals surface area (Å²) in [6.45, 7) is 2.58. The molecular weight excluding hydrogens is 300 g/mol. The van der Waals surface area contributed by atoms with Crippen LogP contribution in [0.1, 0.15) is 19.8 Å². The van der Waals surface area contributed by atoms with Gasteiger partial charge >= 0.3 is 0 Å². The van der Waals surface area contributed by atoms with Crippen LogP contribution in [-0.2, 0) is 9.53 Å². The van der Waals surface area contributed by atoms with Crippen molar-refractivity contribution in [1.29, 1.82) is 0 Å². The van der Waals surface area contributed by atoms with Crippen LogP contribution >= 0.6 is 15.9 Å². The molecule has 1 amide bonds. The summed E-state index contributed by atoms with van der Waals surface area (Å²) in [5.41, 5.74) is 0.0265. The maximum Gasteiger partial charge on any atom is 0.230 e. The van der Waals surface area contributed by atoms with Crippen LogP contribution in [0.2, 0.25) is 0 Å². The molecule has 0 radical (unpaired) electrons. The van der Waals surface area contributed by atoms with Crippen molar-refractivity contribution < 1.29 is 9.53 Å². The molecule has 1 aromatic heterocycles. The highest BCUT2D eigenvalue weighted by Crippen LogP contribution is 2.21. The van der Waals surface area contributed by atoms with Crippen molar-refractivity contribution in [3.63, 3.8) is 0 Å². The molecule has 0 saturated carbocycles. The molecule has 1 fully saturated rings. The van der Waals surface area contributed by atoms with E-state index in [9.17, 15) is 9.59 Å². The number of aromatic amines is 1. The Hall–Kier alpha value is -1.14. The molecule has 0 unspecified atom stereocenters. The van der Waals surface area contributed by atoms with Crippen molar-refractivity contribution in [2.24, 2.45) is 5.92 Å². The van der Waals surface area contributed by atoms with E-state index in [1.807, 2.05) is 6.92 Å². The minimum atomic E-state index is -0.230. The Kier molecular flexibility index (Phi) is 4.19. The van der Waals surface area contributed by atoms with Gasteiger partial charge in [-0.1, -0.05) is 0 Å². The molecule has 2 heterocycles. The number of rotatable bonds is 2. The minimum Gasteiger partial charge on any atom is -0.378 e. The highest BCUT2D eigenvalue weighted by molar-refractivity contribution is 9.10. The molecule has 2 atom stereocenters. The Morgan fingerprint density at radius 3 is 3.06 bits per heavy atom. The minimum absolute atomic E-state index is 0.106. The fourth-order valence-corrected chi connectivity index (χ4v) is 2.39. The van der Waals surface area contributed by atoms with Crippen LogP contribution in [0.3, 0.4) is 0 Å². The summed E-state index contributed by atoms with van der Waals surface area (Å²) < 4.78 is 5.84. The van der Waals surface area contributed by atoms with E-state index in [1.165, 1.54) is 12.4 Å². The van der Waals surface area contributed by atoms with Gasteiger partial charge in [-0.2, -0.15) is 0 Å². The zero-order valence-electron chi connectivity index (χ0n) is 10.0. The lowest BCUT2D eigenvalue weighted by molar-refractivity contribution is -0.127. The van der Waals surface area contributed by atoms with Gasteiger partial charge in [-0.25, -0.2) is 0 Å². The van der Waals surface area contributed by atoms with E-state index in [0.717, 1.165) is 12.8 Å². The monoisotopic (exact) mass is 314 g/mol. The molecule has 0 bridgehead atoms. The number of ether oxygens (including phenoxy) is 1. The molecular formula is C12H15BrN2O3. The Morgan fingerprint density at radius 1 is 1.56 bits per heavy atom. The second-order valence-corrected chi connectivity index (χ2v) is 5.21. The highest BCUT2D eigenvalue weighted by atomic mass is 79.9. The number of pyridine rings is 1. The Morgan fingerprint density at radius 2 is 2.33 bits per heavy atom. The summed E-state index contributed by atoms with van der Waals surface area (Å²) in [6, 6.07) is 0. The number of amides is 1. The van der Waals surface area contributed by atoms with Crippen LogP contribution in [0.5, 0.6) is 0 Å². The SMILES string of the molecule is C[C@@H]1OCCC[C@@H]1C(=O)Nc1c[nH]cc(Br)c1=O. The molecule has 5 nitrogen and oxygen atoms in total. The van der Waals surface area contributed by atoms with Gasteiger partial charge in [-0.3, -0.25) is 9.59 Å². The lowest BCUT2D eigenvalue weighted by atomic mass is 9.94. The van der Waals surface area contributed by atoms with E-state index < -0.39 is 0 Å². The van der Waals surface area contributed by atoms with E-state index in [1.54, 1.807) is 0 Å². The zero-order chi connectivity index (χ0) is 13.1. The normalized spacial score (nSPS) is 23.7. The van der Waals surface area contributed by atoms with Gasteiger partial charge in [-0.15, -0.1) is 0 Å². The Bertz CT molecular complexity index is 500. The third-order valence-electron chi connectivity index (χ3n) is 3.10. The average Bonchev–Trinajstić information content (AvgIpc) is 2.35. The first kappa shape index (κ1) is 13.3. The lowest BCUT2D eigenvalue weighted by Gasteiger charge is -2.27. The van der Waals surface area contributed by atoms with E-state index in [4.69, 9.17) is 4.74 Å². The average molecular weight is 315 g/mol. The molecule has 1 aromatic rings. The van der Waals surface area contributed by atoms with Crippen LogP contribution in [0, 0.1) is 5.92 Å². The summed E-state index contributed by atoms with van der Waals surface area (Å²) in [5.74, 6) is -0.358. The molecule has 0 aromatic carbocycles. The molecule has 2 N–H and O–H groups in total. The van der Waals surface area contributed by atoms with E-state index in [2.05, 4.69) is 26.2 Å². The number of anilines is 1. The number of nitrogens with one attached hydrogen (secondary N) is 2. The molecule has 18 heavy (non-hydrogen) atoms. The van der Waals surface area contributed by atoms with Crippen LogP contribution in [0.4, 0.5) is 5.69 Å². The zero-order valence-corrected chi connectivity index (χ0v) is 11.6. The Balaban J connectivity index is 2.11. The first-order chi connectivity index (χ1) is 8.59. The topological polar surface area (TPSA) is 71.2 Å². The van der Waals surface area contributed by atoms with E-state index >= 15 is 0 Å². The number of hydrogen-bond acceptors (Lipinski definition) is 3. The van der Waals surface area contributed by atoms with Crippen molar-refractivity contribution in [3.8, 4) is 0 Å². The first-order valence-corrected chi connectivity index (χ1v) is 6.68. The number of H-pyrrole nitrogens is 1. The summed E-state index contributed by atoms with van der Waals surface area (Å²) in [4.78, 5) is 26.6. The molecule has 2 rings (SSSR count). The van der Waals surface area contributed by atoms with Gasteiger partial charge in [-0.05, 0) is 35.7 Å². The summed E-state index contributed by atoms with van der Waals surface area (Å²) in [7, 11) is 0. The maximum absolute atomic E-state index is 12.1. The molecule has 1 saturated heterocycles. The first-order valence-electron chi connectivity index (χ1n) is 5.88. The van der Waals surface area contributed by atoms with Crippen molar-refractivity contribution in [1.82, 2.24) is 4.98 Å². The number of aromatic nitrogens is 1. The second kappa shape index (κ2) is 5.67. The van der Waals surface area contributed by atoms with Gasteiger partial charge in [0, 0.05) is 19.0 Å². The summed E-state index contributed by atoms with van der Waals surface area (Å²) >= 11 is 3.12. The van der Waals surface area contributed by atoms with Gasteiger partial charge in [0.25, 0.3) is 0 Å². The maximum atomic E-state index is 12.1. The van der Waals surface area contributed by atoms with Crippen LogP contribution < -0.4 is 10.7 Å². The number of halogens is 1. The molecule has 1 aliphatic heterocycles. The molecule has 0 spiro atoms. The van der Waals surface area contributed by atoms with Gasteiger partial charge in [0.15, 0.2) is 0 Å². The quantitative estimate of drug-likeness (QED) is 0.875. The van der Waals surface area contributed by atoms with Crippen LogP contribution in [0.25, 0.3) is 0 Å². The lowest BCUT2D eigenvalue weighted by Crippen LogP contribution is -2.37. The molecule has 0 aliphatic carbocycles. The van der Waals surface area contributed by atoms with Crippen LogP contribution in [-0.4, -0.2) is 23.6 Å². The van der Waals surface area contributed by atoms with E-state index in [-0.39, 0.29) is 29.0 Å². The second-order valence-electron chi connectivity index (χ2n) is 4.36. The fraction of sp³-hybridized carbons (Fsp3) is 0.500. The van der Waals surface area contributed by atoms with Crippen molar-refractivity contribution in [2.75, 3.05) is 11.9 Å². The van der Waals surface area contributed by atoms with E-state index in [0.29, 0.717) is 11.1 Å². The fourth-order valence-electron chi connectivity index (χ4n) is 2.04. The standard InChI is InChI=1S/C12H15BrN2O3/c1-7-8(3-2-4-18-7)12(17)15-10-6-14-5-9(13)11(10)16/h5-8H,2-4H2,1H3,(H,14,16)(H,15,17)/t7-,8-/m0/s1. The van der Waals surface area contributed by atoms with Gasteiger partial charge in [0.1, 0.15) is 5.69 Å². The van der Waals surface area contributed by atoms with Crippen molar-refractivity contribution in [3.05, 3.63) is 27.1 Å². The predicted octanol–water partition coefficient (Wildman–Crippen LogP) is 1.89. The van der Waals surface area contributed by atoms with Crippen molar-refractivity contribution in [2.45, 2.75) is 25.9 Å². The van der Waals surface area contributed by atoms with Gasteiger partial charge < -0.3 is 15.0 Å². The highest BCUT2D eigenvalue weighted by Gasteiger charge is 2.29. The van der Waals surface area contributed by atoms with Gasteiger partial charge in [0.05, 0.1) is 16.5 Å². The molecule has 6 heteroatoms. The third kappa shape index (κ3) is 2.81. The third-order valence-corrected chi connectivity index (χ3v) is 3.69. The smallest absolute Gasteiger partial charge is 0.230 e. The number of carbonyl (C=O) groups is 1. The van der Waals surface area contributed by atoms with Crippen molar-refractivity contribution >= 4 is 27.5 Å². The van der Waals surface area contributed by atoms with Gasteiger partial charge in [0.2, 0.25) is 11.3 Å². The predicted molar refractivity (Wildman–Crippen MR) is 71.5 cm³/mol. The van der Waals surface area contributed by atoms with Crippen LogP contribution in [0.15, 0.2) is 21.7 Å². The number of hydrogen-bond donors (Lipinski definition) is 2. The summed E-state index contributed by atoms with van der Waals surface area (Å²) in [5, 5.41) is 2.66. The molecule has 1 aliphatic rings. The Labute approximate surface area is 113 Å².